The maximum atomic E-state index is 13.9. The van der Waals surface area contributed by atoms with E-state index in [-0.39, 0.29) is 11.3 Å². The molecule has 0 unspecified atom stereocenters. The van der Waals surface area contributed by atoms with E-state index in [2.05, 4.69) is 15.2 Å². The van der Waals surface area contributed by atoms with E-state index < -0.39 is 11.6 Å². The minimum atomic E-state index is -0.574. The van der Waals surface area contributed by atoms with Gasteiger partial charge in [0.15, 0.2) is 0 Å². The number of fused-ring (bicyclic) bond motifs is 1. The first kappa shape index (κ1) is 13.9. The standard InChI is InChI=1S/C15H11F2N5/c16-9-1-2-12(17)10(3-9)15-11-4-13(8(5-18)6-19)20-7-14(11)21-22-15/h1-7,18H,19H2,(H,21,22)/b8-6+,18-5?. The summed E-state index contributed by atoms with van der Waals surface area (Å²) >= 11 is 0. The zero-order chi connectivity index (χ0) is 15.7. The summed E-state index contributed by atoms with van der Waals surface area (Å²) in [5, 5.41) is 14.6. The van der Waals surface area contributed by atoms with Crippen LogP contribution >= 0.6 is 0 Å². The lowest BCUT2D eigenvalue weighted by Gasteiger charge is -2.03. The quantitative estimate of drug-likeness (QED) is 0.649. The van der Waals surface area contributed by atoms with Gasteiger partial charge >= 0.3 is 0 Å². The fraction of sp³-hybridized carbons (Fsp3) is 0. The summed E-state index contributed by atoms with van der Waals surface area (Å²) in [6.45, 7) is 0. The van der Waals surface area contributed by atoms with Crippen molar-refractivity contribution in [3.05, 3.63) is 54.0 Å². The van der Waals surface area contributed by atoms with Crippen molar-refractivity contribution in [2.24, 2.45) is 5.73 Å². The summed E-state index contributed by atoms with van der Waals surface area (Å²) in [7, 11) is 0. The molecule has 22 heavy (non-hydrogen) atoms. The number of nitrogens with two attached hydrogens (primary N) is 1. The third-order valence-corrected chi connectivity index (χ3v) is 3.26. The van der Waals surface area contributed by atoms with Gasteiger partial charge in [0.1, 0.15) is 17.3 Å². The molecule has 0 bridgehead atoms. The molecule has 110 valence electrons. The Balaban J connectivity index is 2.25. The van der Waals surface area contributed by atoms with Gasteiger partial charge in [-0.15, -0.1) is 0 Å². The second kappa shape index (κ2) is 5.36. The lowest BCUT2D eigenvalue weighted by atomic mass is 10.1. The Hall–Kier alpha value is -3.09. The first-order chi connectivity index (χ1) is 10.6. The second-order valence-electron chi connectivity index (χ2n) is 4.58. The maximum Gasteiger partial charge on any atom is 0.132 e. The third-order valence-electron chi connectivity index (χ3n) is 3.26. The number of halogens is 2. The fourth-order valence-corrected chi connectivity index (χ4v) is 2.17. The number of hydrogen-bond donors (Lipinski definition) is 3. The van der Waals surface area contributed by atoms with Crippen LogP contribution in [-0.2, 0) is 0 Å². The van der Waals surface area contributed by atoms with Crippen molar-refractivity contribution in [2.45, 2.75) is 0 Å². The summed E-state index contributed by atoms with van der Waals surface area (Å²) in [5.41, 5.74) is 7.20. The number of rotatable bonds is 3. The lowest BCUT2D eigenvalue weighted by molar-refractivity contribution is 0.602. The predicted molar refractivity (Wildman–Crippen MR) is 80.2 cm³/mol. The fourth-order valence-electron chi connectivity index (χ4n) is 2.17. The molecular weight excluding hydrogens is 288 g/mol. The molecule has 7 heteroatoms. The number of aromatic amines is 1. The van der Waals surface area contributed by atoms with Crippen molar-refractivity contribution in [3.63, 3.8) is 0 Å². The first-order valence-electron chi connectivity index (χ1n) is 6.36. The van der Waals surface area contributed by atoms with Crippen LogP contribution in [0.3, 0.4) is 0 Å². The van der Waals surface area contributed by atoms with Crippen LogP contribution in [0.4, 0.5) is 8.78 Å². The minimum Gasteiger partial charge on any atom is -0.404 e. The molecule has 2 heterocycles. The average molecular weight is 299 g/mol. The molecular formula is C15H11F2N5. The van der Waals surface area contributed by atoms with E-state index in [4.69, 9.17) is 11.1 Å². The molecule has 0 saturated heterocycles. The summed E-state index contributed by atoms with van der Waals surface area (Å²) < 4.78 is 27.3. The molecule has 0 aliphatic heterocycles. The number of benzene rings is 1. The van der Waals surface area contributed by atoms with Crippen molar-refractivity contribution in [1.29, 1.82) is 5.41 Å². The Bertz CT molecular complexity index is 898. The van der Waals surface area contributed by atoms with Crippen LogP contribution in [0.15, 0.2) is 36.7 Å². The van der Waals surface area contributed by atoms with Crippen LogP contribution in [0.25, 0.3) is 27.7 Å². The van der Waals surface area contributed by atoms with E-state index in [9.17, 15) is 8.78 Å². The number of allylic oxidation sites excluding steroid dienone is 1. The topological polar surface area (TPSA) is 91.4 Å². The minimum absolute atomic E-state index is 0.0523. The zero-order valence-corrected chi connectivity index (χ0v) is 11.3. The molecule has 4 N–H and O–H groups in total. The summed E-state index contributed by atoms with van der Waals surface area (Å²) in [6.07, 6.45) is 3.83. The van der Waals surface area contributed by atoms with Gasteiger partial charge in [-0.25, -0.2) is 8.78 Å². The third kappa shape index (κ3) is 2.22. The number of aromatic nitrogens is 3. The molecule has 5 nitrogen and oxygen atoms in total. The van der Waals surface area contributed by atoms with Crippen molar-refractivity contribution >= 4 is 22.7 Å². The number of nitrogens with one attached hydrogen (secondary N) is 2. The van der Waals surface area contributed by atoms with Gasteiger partial charge in [-0.3, -0.25) is 10.1 Å². The highest BCUT2D eigenvalue weighted by atomic mass is 19.1. The number of H-pyrrole nitrogens is 1. The van der Waals surface area contributed by atoms with Gasteiger partial charge in [-0.2, -0.15) is 5.10 Å². The molecule has 0 atom stereocenters. The zero-order valence-electron chi connectivity index (χ0n) is 11.3. The Morgan fingerprint density at radius 3 is 2.82 bits per heavy atom. The predicted octanol–water partition coefficient (Wildman–Crippen LogP) is 2.85. The van der Waals surface area contributed by atoms with Crippen molar-refractivity contribution in [2.75, 3.05) is 0 Å². The molecule has 0 radical (unpaired) electrons. The van der Waals surface area contributed by atoms with Crippen LogP contribution in [0.5, 0.6) is 0 Å². The highest BCUT2D eigenvalue weighted by Crippen LogP contribution is 2.29. The number of hydrogen-bond acceptors (Lipinski definition) is 4. The molecule has 0 aliphatic carbocycles. The van der Waals surface area contributed by atoms with Crippen molar-refractivity contribution in [1.82, 2.24) is 15.2 Å². The van der Waals surface area contributed by atoms with Crippen LogP contribution in [-0.4, -0.2) is 21.4 Å². The van der Waals surface area contributed by atoms with E-state index in [1.807, 2.05) is 0 Å². The van der Waals surface area contributed by atoms with Crippen LogP contribution in [0, 0.1) is 17.0 Å². The molecule has 1 aromatic carbocycles. The van der Waals surface area contributed by atoms with E-state index >= 15 is 0 Å². The first-order valence-corrected chi connectivity index (χ1v) is 6.36. The summed E-state index contributed by atoms with van der Waals surface area (Å²) in [5.74, 6) is -1.13. The monoisotopic (exact) mass is 299 g/mol. The highest BCUT2D eigenvalue weighted by molar-refractivity contribution is 6.08. The van der Waals surface area contributed by atoms with Crippen LogP contribution in [0.2, 0.25) is 0 Å². The molecule has 0 fully saturated rings. The average Bonchev–Trinajstić information content (AvgIpc) is 2.94. The SMILES string of the molecule is N=C/C(=C\N)c1cc2c(-c3cc(F)ccc3F)n[nH]c2cn1. The van der Waals surface area contributed by atoms with Gasteiger partial charge in [-0.1, -0.05) is 0 Å². The van der Waals surface area contributed by atoms with Crippen LogP contribution < -0.4 is 5.73 Å². The Labute approximate surface area is 124 Å². The number of nitrogens with zero attached hydrogens (tertiary/aromatic N) is 2. The highest BCUT2D eigenvalue weighted by Gasteiger charge is 2.15. The molecule has 0 spiro atoms. The van der Waals surface area contributed by atoms with E-state index in [1.165, 1.54) is 12.4 Å². The number of pyridine rings is 1. The Morgan fingerprint density at radius 2 is 2.09 bits per heavy atom. The van der Waals surface area contributed by atoms with E-state index in [0.717, 1.165) is 24.4 Å². The molecule has 0 aliphatic rings. The molecule has 3 rings (SSSR count). The van der Waals surface area contributed by atoms with Gasteiger partial charge in [0.25, 0.3) is 0 Å². The molecule has 3 aromatic rings. The largest absolute Gasteiger partial charge is 0.404 e. The van der Waals surface area contributed by atoms with E-state index in [0.29, 0.717) is 22.2 Å². The molecule has 0 amide bonds. The second-order valence-corrected chi connectivity index (χ2v) is 4.58. The molecule has 2 aromatic heterocycles. The maximum absolute atomic E-state index is 13.9. The van der Waals surface area contributed by atoms with Crippen molar-refractivity contribution in [3.8, 4) is 11.3 Å². The summed E-state index contributed by atoms with van der Waals surface area (Å²) in [4.78, 5) is 4.16. The van der Waals surface area contributed by atoms with Gasteiger partial charge in [-0.05, 0) is 24.3 Å². The van der Waals surface area contributed by atoms with Gasteiger partial charge in [0.2, 0.25) is 0 Å². The smallest absolute Gasteiger partial charge is 0.132 e. The van der Waals surface area contributed by atoms with Gasteiger partial charge in [0, 0.05) is 28.9 Å². The normalized spacial score (nSPS) is 11.8. The summed E-state index contributed by atoms with van der Waals surface area (Å²) in [6, 6.07) is 4.81. The van der Waals surface area contributed by atoms with Gasteiger partial charge in [0.05, 0.1) is 17.4 Å². The van der Waals surface area contributed by atoms with Gasteiger partial charge < -0.3 is 11.1 Å². The Morgan fingerprint density at radius 1 is 1.27 bits per heavy atom. The van der Waals surface area contributed by atoms with E-state index in [1.54, 1.807) is 6.07 Å². The lowest BCUT2D eigenvalue weighted by Crippen LogP contribution is -1.94. The molecule has 0 saturated carbocycles. The van der Waals surface area contributed by atoms with Crippen LogP contribution in [0.1, 0.15) is 5.69 Å². The Kier molecular flexibility index (Phi) is 3.38. The van der Waals surface area contributed by atoms with Crippen molar-refractivity contribution < 1.29 is 8.78 Å².